The van der Waals surface area contributed by atoms with Gasteiger partial charge in [-0.3, -0.25) is 9.59 Å². The van der Waals surface area contributed by atoms with Crippen molar-refractivity contribution in [1.82, 2.24) is 0 Å². The van der Waals surface area contributed by atoms with E-state index in [4.69, 9.17) is 0 Å². The third kappa shape index (κ3) is 3.40. The number of fused-ring (bicyclic) bond motifs is 1. The maximum absolute atomic E-state index is 12.6. The van der Waals surface area contributed by atoms with Crippen molar-refractivity contribution in [2.24, 2.45) is 0 Å². The first-order valence-corrected chi connectivity index (χ1v) is 8.42. The third-order valence-electron chi connectivity index (χ3n) is 3.75. The van der Waals surface area contributed by atoms with E-state index in [2.05, 4.69) is 18.3 Å². The Morgan fingerprint density at radius 3 is 2.78 bits per heavy atom. The smallest absolute Gasteiger partial charge is 0.244 e. The first-order valence-electron chi connectivity index (χ1n) is 7.44. The molecule has 4 nitrogen and oxygen atoms in total. The van der Waals surface area contributed by atoms with Crippen LogP contribution < -0.4 is 10.2 Å². The van der Waals surface area contributed by atoms with Gasteiger partial charge < -0.3 is 10.2 Å². The van der Waals surface area contributed by atoms with Crippen LogP contribution >= 0.6 is 11.8 Å². The minimum Gasteiger partial charge on any atom is -0.323 e. The Kier molecular flexibility index (Phi) is 4.39. The van der Waals surface area contributed by atoms with Gasteiger partial charge in [-0.2, -0.15) is 0 Å². The van der Waals surface area contributed by atoms with E-state index in [1.54, 1.807) is 4.90 Å². The van der Waals surface area contributed by atoms with E-state index in [0.29, 0.717) is 11.4 Å². The van der Waals surface area contributed by atoms with Gasteiger partial charge >= 0.3 is 0 Å². The normalized spacial score (nSPS) is 13.5. The van der Waals surface area contributed by atoms with Crippen molar-refractivity contribution in [2.45, 2.75) is 18.7 Å². The van der Waals surface area contributed by atoms with Crippen molar-refractivity contribution >= 4 is 35.0 Å². The monoisotopic (exact) mass is 326 g/mol. The SMILES string of the molecule is Cc1ccc(SCC(=O)N2CC(=O)Nc3ccccc32)c(C)c1. The minimum atomic E-state index is -0.159. The van der Waals surface area contributed by atoms with Crippen LogP contribution in [-0.2, 0) is 9.59 Å². The van der Waals surface area contributed by atoms with Gasteiger partial charge in [0.25, 0.3) is 0 Å². The molecule has 0 fully saturated rings. The topological polar surface area (TPSA) is 49.4 Å². The molecule has 0 unspecified atom stereocenters. The highest BCUT2D eigenvalue weighted by Gasteiger charge is 2.26. The third-order valence-corrected chi connectivity index (χ3v) is 4.91. The van der Waals surface area contributed by atoms with E-state index in [1.165, 1.54) is 22.9 Å². The molecule has 1 N–H and O–H groups in total. The number of carbonyl (C=O) groups is 2. The highest BCUT2D eigenvalue weighted by molar-refractivity contribution is 8.00. The number of hydrogen-bond donors (Lipinski definition) is 1. The Hall–Kier alpha value is -2.27. The molecule has 2 aromatic carbocycles. The van der Waals surface area contributed by atoms with Crippen LogP contribution in [0.5, 0.6) is 0 Å². The molecular weight excluding hydrogens is 308 g/mol. The molecule has 0 aromatic heterocycles. The van der Waals surface area contributed by atoms with Crippen molar-refractivity contribution in [2.75, 3.05) is 22.5 Å². The largest absolute Gasteiger partial charge is 0.323 e. The number of aryl methyl sites for hydroxylation is 2. The van der Waals surface area contributed by atoms with E-state index in [-0.39, 0.29) is 18.4 Å². The lowest BCUT2D eigenvalue weighted by Gasteiger charge is -2.29. The molecule has 1 aliphatic rings. The van der Waals surface area contributed by atoms with Crippen LogP contribution in [0.4, 0.5) is 11.4 Å². The van der Waals surface area contributed by atoms with Crippen LogP contribution in [-0.4, -0.2) is 24.1 Å². The maximum atomic E-state index is 12.6. The second-order valence-electron chi connectivity index (χ2n) is 5.60. The predicted octanol–water partition coefficient (Wildman–Crippen LogP) is 3.38. The first-order chi connectivity index (χ1) is 11.0. The number of rotatable bonds is 3. The molecule has 1 heterocycles. The number of thioether (sulfide) groups is 1. The van der Waals surface area contributed by atoms with Gasteiger partial charge in [-0.25, -0.2) is 0 Å². The average Bonchev–Trinajstić information content (AvgIpc) is 2.53. The minimum absolute atomic E-state index is 0.0581. The summed E-state index contributed by atoms with van der Waals surface area (Å²) in [7, 11) is 0. The number of carbonyl (C=O) groups excluding carboxylic acids is 2. The fraction of sp³-hybridized carbons (Fsp3) is 0.222. The van der Waals surface area contributed by atoms with Gasteiger partial charge in [0.15, 0.2) is 0 Å². The summed E-state index contributed by atoms with van der Waals surface area (Å²) in [6.45, 7) is 4.17. The molecule has 23 heavy (non-hydrogen) atoms. The predicted molar refractivity (Wildman–Crippen MR) is 94.1 cm³/mol. The zero-order valence-corrected chi connectivity index (χ0v) is 13.9. The molecule has 118 valence electrons. The summed E-state index contributed by atoms with van der Waals surface area (Å²) in [6.07, 6.45) is 0. The van der Waals surface area contributed by atoms with Crippen LogP contribution in [0.2, 0.25) is 0 Å². The van der Waals surface area contributed by atoms with Crippen LogP contribution in [0.25, 0.3) is 0 Å². The van der Waals surface area contributed by atoms with Crippen molar-refractivity contribution in [3.05, 3.63) is 53.6 Å². The van der Waals surface area contributed by atoms with Gasteiger partial charge in [-0.1, -0.05) is 29.8 Å². The van der Waals surface area contributed by atoms with Crippen molar-refractivity contribution in [3.63, 3.8) is 0 Å². The molecular formula is C18H18N2O2S. The fourth-order valence-electron chi connectivity index (χ4n) is 2.63. The number of hydrogen-bond acceptors (Lipinski definition) is 3. The number of nitrogens with one attached hydrogen (secondary N) is 1. The summed E-state index contributed by atoms with van der Waals surface area (Å²) in [5.41, 5.74) is 3.83. The number of amides is 2. The fourth-order valence-corrected chi connectivity index (χ4v) is 3.52. The summed E-state index contributed by atoms with van der Waals surface area (Å²) in [5, 5.41) is 2.79. The van der Waals surface area contributed by atoms with Crippen LogP contribution in [0.1, 0.15) is 11.1 Å². The molecule has 2 aromatic rings. The number of nitrogens with zero attached hydrogens (tertiary/aromatic N) is 1. The summed E-state index contributed by atoms with van der Waals surface area (Å²) in [6, 6.07) is 13.6. The Balaban J connectivity index is 1.75. The van der Waals surface area contributed by atoms with Crippen molar-refractivity contribution in [1.29, 1.82) is 0 Å². The molecule has 3 rings (SSSR count). The number of benzene rings is 2. The Morgan fingerprint density at radius 2 is 2.00 bits per heavy atom. The summed E-state index contributed by atoms with van der Waals surface area (Å²) in [4.78, 5) is 27.0. The number of anilines is 2. The van der Waals surface area contributed by atoms with Gasteiger partial charge in [0, 0.05) is 4.90 Å². The molecule has 0 spiro atoms. The van der Waals surface area contributed by atoms with E-state index in [9.17, 15) is 9.59 Å². The van der Waals surface area contributed by atoms with Gasteiger partial charge in [0.1, 0.15) is 6.54 Å². The van der Waals surface area contributed by atoms with Gasteiger partial charge in [0.2, 0.25) is 11.8 Å². The van der Waals surface area contributed by atoms with E-state index < -0.39 is 0 Å². The lowest BCUT2D eigenvalue weighted by molar-refractivity contribution is -0.120. The van der Waals surface area contributed by atoms with Crippen molar-refractivity contribution < 1.29 is 9.59 Å². The number of para-hydroxylation sites is 2. The standard InChI is InChI=1S/C18H18N2O2S/c1-12-7-8-16(13(2)9-12)23-11-18(22)20-10-17(21)19-14-5-3-4-6-15(14)20/h3-9H,10-11H2,1-2H3,(H,19,21). The van der Waals surface area contributed by atoms with Gasteiger partial charge in [0.05, 0.1) is 17.1 Å². The second-order valence-corrected chi connectivity index (χ2v) is 6.62. The zero-order chi connectivity index (χ0) is 16.4. The average molecular weight is 326 g/mol. The Labute approximate surface area is 139 Å². The van der Waals surface area contributed by atoms with Crippen LogP contribution in [0, 0.1) is 13.8 Å². The molecule has 0 saturated heterocycles. The molecule has 0 saturated carbocycles. The summed E-state index contributed by atoms with van der Waals surface area (Å²) < 4.78 is 0. The lowest BCUT2D eigenvalue weighted by Crippen LogP contribution is -2.43. The quantitative estimate of drug-likeness (QED) is 0.880. The van der Waals surface area contributed by atoms with Gasteiger partial charge in [-0.15, -0.1) is 11.8 Å². The second kappa shape index (κ2) is 6.46. The van der Waals surface area contributed by atoms with Crippen LogP contribution in [0.15, 0.2) is 47.4 Å². The van der Waals surface area contributed by atoms with E-state index >= 15 is 0 Å². The molecule has 1 aliphatic heterocycles. The Bertz CT molecular complexity index is 773. The highest BCUT2D eigenvalue weighted by Crippen LogP contribution is 2.30. The molecule has 2 amide bonds. The summed E-state index contributed by atoms with van der Waals surface area (Å²) in [5.74, 6) is 0.0942. The lowest BCUT2D eigenvalue weighted by atomic mass is 10.2. The molecule has 0 aliphatic carbocycles. The van der Waals surface area contributed by atoms with Crippen LogP contribution in [0.3, 0.4) is 0 Å². The zero-order valence-electron chi connectivity index (χ0n) is 13.1. The first kappa shape index (κ1) is 15.6. The summed E-state index contributed by atoms with van der Waals surface area (Å²) >= 11 is 1.51. The van der Waals surface area contributed by atoms with Gasteiger partial charge in [-0.05, 0) is 37.6 Å². The molecule has 0 bridgehead atoms. The highest BCUT2D eigenvalue weighted by atomic mass is 32.2. The molecule has 0 atom stereocenters. The maximum Gasteiger partial charge on any atom is 0.244 e. The van der Waals surface area contributed by atoms with E-state index in [0.717, 1.165) is 10.6 Å². The van der Waals surface area contributed by atoms with E-state index in [1.807, 2.05) is 43.3 Å². The molecule has 0 radical (unpaired) electrons. The Morgan fingerprint density at radius 1 is 1.22 bits per heavy atom. The molecule has 5 heteroatoms. The van der Waals surface area contributed by atoms with Crippen molar-refractivity contribution in [3.8, 4) is 0 Å².